The Bertz CT molecular complexity index is 303. The average molecular weight is 194 g/mol. The third-order valence-electron chi connectivity index (χ3n) is 2.56. The van der Waals surface area contributed by atoms with Crippen molar-refractivity contribution in [1.29, 1.82) is 0 Å². The Labute approximate surface area is 82.7 Å². The van der Waals surface area contributed by atoms with Crippen molar-refractivity contribution < 1.29 is 9.32 Å². The summed E-state index contributed by atoms with van der Waals surface area (Å²) in [6.45, 7) is 1.08. The summed E-state index contributed by atoms with van der Waals surface area (Å²) in [6, 6.07) is 2.19. The first-order chi connectivity index (χ1) is 6.88. The Balaban J connectivity index is 1.92. The highest BCUT2D eigenvalue weighted by Gasteiger charge is 2.15. The van der Waals surface area contributed by atoms with Gasteiger partial charge in [0.25, 0.3) is 0 Å². The number of hydrogen-bond donors (Lipinski definition) is 1. The van der Waals surface area contributed by atoms with Crippen LogP contribution < -0.4 is 5.32 Å². The van der Waals surface area contributed by atoms with Crippen LogP contribution in [-0.2, 0) is 6.42 Å². The molecular weight excluding hydrogens is 180 g/mol. The summed E-state index contributed by atoms with van der Waals surface area (Å²) in [5.74, 6) is 0.798. The van der Waals surface area contributed by atoms with Crippen molar-refractivity contribution in [2.24, 2.45) is 0 Å². The van der Waals surface area contributed by atoms with Gasteiger partial charge in [-0.1, -0.05) is 11.6 Å². The van der Waals surface area contributed by atoms with Gasteiger partial charge in [0.15, 0.2) is 6.29 Å². The quantitative estimate of drug-likeness (QED) is 0.734. The van der Waals surface area contributed by atoms with Crippen LogP contribution in [0.25, 0.3) is 0 Å². The molecule has 0 radical (unpaired) electrons. The first kappa shape index (κ1) is 9.40. The van der Waals surface area contributed by atoms with Crippen LogP contribution in [0.2, 0.25) is 0 Å². The van der Waals surface area contributed by atoms with Gasteiger partial charge in [-0.2, -0.15) is 0 Å². The third-order valence-corrected chi connectivity index (χ3v) is 2.56. The molecule has 1 fully saturated rings. The largest absolute Gasteiger partial charge is 0.361 e. The van der Waals surface area contributed by atoms with Crippen molar-refractivity contribution in [3.8, 4) is 0 Å². The second-order valence-corrected chi connectivity index (χ2v) is 3.69. The van der Waals surface area contributed by atoms with Crippen LogP contribution in [0.5, 0.6) is 0 Å². The molecule has 4 heteroatoms. The molecule has 0 bridgehead atoms. The van der Waals surface area contributed by atoms with E-state index in [4.69, 9.17) is 4.52 Å². The number of carbonyl (C=O) groups excluding carboxylic acids is 1. The summed E-state index contributed by atoms with van der Waals surface area (Å²) in [7, 11) is 0. The van der Waals surface area contributed by atoms with E-state index >= 15 is 0 Å². The highest BCUT2D eigenvalue weighted by Crippen LogP contribution is 2.13. The van der Waals surface area contributed by atoms with Crippen molar-refractivity contribution in [1.82, 2.24) is 10.5 Å². The maximum atomic E-state index is 10.4. The van der Waals surface area contributed by atoms with Gasteiger partial charge in [-0.3, -0.25) is 4.79 Å². The van der Waals surface area contributed by atoms with Gasteiger partial charge in [-0.15, -0.1) is 0 Å². The van der Waals surface area contributed by atoms with Crippen LogP contribution in [0, 0.1) is 0 Å². The number of aldehydes is 1. The average Bonchev–Trinajstić information content (AvgIpc) is 2.67. The Morgan fingerprint density at radius 3 is 3.21 bits per heavy atom. The molecule has 1 aliphatic rings. The molecule has 1 N–H and O–H groups in total. The molecule has 0 saturated carbocycles. The van der Waals surface area contributed by atoms with Crippen molar-refractivity contribution in [2.75, 3.05) is 6.54 Å². The van der Waals surface area contributed by atoms with E-state index in [1.165, 1.54) is 19.3 Å². The van der Waals surface area contributed by atoms with Crippen molar-refractivity contribution >= 4 is 6.29 Å². The Morgan fingerprint density at radius 2 is 2.57 bits per heavy atom. The number of nitrogens with one attached hydrogen (secondary N) is 1. The number of hydrogen-bond acceptors (Lipinski definition) is 4. The maximum absolute atomic E-state index is 10.4. The van der Waals surface area contributed by atoms with Crippen LogP contribution in [0.15, 0.2) is 10.6 Å². The van der Waals surface area contributed by atoms with E-state index in [9.17, 15) is 4.79 Å². The molecule has 2 rings (SSSR count). The lowest BCUT2D eigenvalue weighted by Crippen LogP contribution is -2.35. The SMILES string of the molecule is O=Cc1cc(CC2CCCCN2)on1. The zero-order valence-corrected chi connectivity index (χ0v) is 8.03. The minimum absolute atomic E-state index is 0.385. The first-order valence-corrected chi connectivity index (χ1v) is 5.02. The lowest BCUT2D eigenvalue weighted by atomic mass is 10.0. The zero-order chi connectivity index (χ0) is 9.80. The molecule has 4 nitrogen and oxygen atoms in total. The molecule has 1 aromatic rings. The van der Waals surface area contributed by atoms with Gasteiger partial charge in [-0.05, 0) is 19.4 Å². The smallest absolute Gasteiger partial charge is 0.171 e. The number of piperidine rings is 1. The summed E-state index contributed by atoms with van der Waals surface area (Å²) in [5, 5.41) is 7.05. The van der Waals surface area contributed by atoms with E-state index in [0.29, 0.717) is 18.0 Å². The fourth-order valence-electron chi connectivity index (χ4n) is 1.82. The summed E-state index contributed by atoms with van der Waals surface area (Å²) < 4.78 is 5.04. The van der Waals surface area contributed by atoms with E-state index in [-0.39, 0.29) is 0 Å². The van der Waals surface area contributed by atoms with Gasteiger partial charge in [0.2, 0.25) is 0 Å². The predicted octanol–water partition coefficient (Wildman–Crippen LogP) is 1.17. The van der Waals surface area contributed by atoms with Gasteiger partial charge >= 0.3 is 0 Å². The highest BCUT2D eigenvalue weighted by molar-refractivity contribution is 5.71. The second-order valence-electron chi connectivity index (χ2n) is 3.69. The topological polar surface area (TPSA) is 55.1 Å². The lowest BCUT2D eigenvalue weighted by molar-refractivity contribution is 0.111. The van der Waals surface area contributed by atoms with E-state index < -0.39 is 0 Å². The molecule has 1 saturated heterocycles. The molecule has 2 heterocycles. The number of carbonyl (C=O) groups is 1. The Hall–Kier alpha value is -1.16. The fourth-order valence-corrected chi connectivity index (χ4v) is 1.82. The Kier molecular flexibility index (Phi) is 2.93. The molecule has 1 unspecified atom stereocenters. The number of rotatable bonds is 3. The van der Waals surface area contributed by atoms with Crippen LogP contribution in [0.3, 0.4) is 0 Å². The Morgan fingerprint density at radius 1 is 1.64 bits per heavy atom. The monoisotopic (exact) mass is 194 g/mol. The number of aromatic nitrogens is 1. The predicted molar refractivity (Wildman–Crippen MR) is 51.2 cm³/mol. The fraction of sp³-hybridized carbons (Fsp3) is 0.600. The van der Waals surface area contributed by atoms with Crippen molar-refractivity contribution in [3.05, 3.63) is 17.5 Å². The molecular formula is C10H14N2O2. The molecule has 0 aromatic carbocycles. The second kappa shape index (κ2) is 4.37. The van der Waals surface area contributed by atoms with E-state index in [2.05, 4.69) is 10.5 Å². The molecule has 1 aliphatic heterocycles. The molecule has 14 heavy (non-hydrogen) atoms. The zero-order valence-electron chi connectivity index (χ0n) is 8.03. The van der Waals surface area contributed by atoms with E-state index in [1.54, 1.807) is 6.07 Å². The van der Waals surface area contributed by atoms with Gasteiger partial charge in [0, 0.05) is 18.5 Å². The minimum Gasteiger partial charge on any atom is -0.361 e. The first-order valence-electron chi connectivity index (χ1n) is 5.02. The van der Waals surface area contributed by atoms with Crippen LogP contribution in [-0.4, -0.2) is 24.0 Å². The van der Waals surface area contributed by atoms with E-state index in [1.807, 2.05) is 0 Å². The standard InChI is InChI=1S/C10H14N2O2/c13-7-9-6-10(14-12-9)5-8-3-1-2-4-11-8/h6-8,11H,1-5H2. The van der Waals surface area contributed by atoms with Crippen LogP contribution in [0.4, 0.5) is 0 Å². The summed E-state index contributed by atoms with van der Waals surface area (Å²) in [5.41, 5.74) is 0.385. The van der Waals surface area contributed by atoms with Gasteiger partial charge < -0.3 is 9.84 Å². The van der Waals surface area contributed by atoms with Gasteiger partial charge in [0.05, 0.1) is 0 Å². The molecule has 0 amide bonds. The lowest BCUT2D eigenvalue weighted by Gasteiger charge is -2.21. The van der Waals surface area contributed by atoms with Crippen molar-refractivity contribution in [3.63, 3.8) is 0 Å². The molecule has 0 aliphatic carbocycles. The minimum atomic E-state index is 0.385. The highest BCUT2D eigenvalue weighted by atomic mass is 16.5. The van der Waals surface area contributed by atoms with Gasteiger partial charge in [0.1, 0.15) is 11.5 Å². The molecule has 76 valence electrons. The third kappa shape index (κ3) is 2.20. The van der Waals surface area contributed by atoms with Crippen molar-refractivity contribution in [2.45, 2.75) is 31.7 Å². The van der Waals surface area contributed by atoms with Crippen LogP contribution >= 0.6 is 0 Å². The summed E-state index contributed by atoms with van der Waals surface area (Å²) in [4.78, 5) is 10.4. The normalized spacial score (nSPS) is 22.1. The summed E-state index contributed by atoms with van der Waals surface area (Å²) in [6.07, 6.45) is 5.25. The van der Waals surface area contributed by atoms with Crippen LogP contribution in [0.1, 0.15) is 35.5 Å². The van der Waals surface area contributed by atoms with E-state index in [0.717, 1.165) is 18.7 Å². The molecule has 1 aromatic heterocycles. The van der Waals surface area contributed by atoms with Gasteiger partial charge in [-0.25, -0.2) is 0 Å². The molecule has 1 atom stereocenters. The maximum Gasteiger partial charge on any atom is 0.171 e. The summed E-state index contributed by atoms with van der Waals surface area (Å²) >= 11 is 0. The molecule has 0 spiro atoms. The number of nitrogens with zero attached hydrogens (tertiary/aromatic N) is 1.